The molecule has 630 valence electrons. The summed E-state index contributed by atoms with van der Waals surface area (Å²) >= 11 is 0. The van der Waals surface area contributed by atoms with Gasteiger partial charge in [-0.15, -0.1) is 0 Å². The maximum absolute atomic E-state index is 15.0. The van der Waals surface area contributed by atoms with Gasteiger partial charge in [0.15, 0.2) is 34.7 Å². The number of para-hydroxylation sites is 2. The molecule has 2 aromatic carbocycles. The highest BCUT2D eigenvalue weighted by Crippen LogP contribution is 2.27. The summed E-state index contributed by atoms with van der Waals surface area (Å²) in [6.07, 6.45) is -5.20. The minimum atomic E-state index is -2.19. The lowest BCUT2D eigenvalue weighted by atomic mass is 9.86. The number of H-pyrrole nitrogens is 1. The summed E-state index contributed by atoms with van der Waals surface area (Å²) in [5, 5.41) is 59.6. The molecule has 1 aliphatic rings. The molecular formula is C78H108N12O25. The van der Waals surface area contributed by atoms with Gasteiger partial charge in [-0.1, -0.05) is 89.6 Å². The number of nitrogens with one attached hydrogen (secondary N) is 9. The van der Waals surface area contributed by atoms with E-state index in [4.69, 9.17) is 21.9 Å². The molecule has 0 bridgehead atoms. The summed E-state index contributed by atoms with van der Waals surface area (Å²) in [7, 11) is 0. The predicted molar refractivity (Wildman–Crippen MR) is 409 cm³/mol. The first-order chi connectivity index (χ1) is 54.4. The molecule has 3 aromatic rings. The van der Waals surface area contributed by atoms with Gasteiger partial charge in [-0.25, -0.2) is 0 Å². The van der Waals surface area contributed by atoms with E-state index >= 15 is 0 Å². The number of hydrogen-bond donors (Lipinski definition) is 16. The number of aliphatic carboxylic acids is 3. The minimum Gasteiger partial charge on any atom is -0.481 e. The second-order valence-corrected chi connectivity index (χ2v) is 29.1. The Hall–Kier alpha value is -11.5. The zero-order valence-electron chi connectivity index (χ0n) is 65.2. The predicted octanol–water partition coefficient (Wildman–Crippen LogP) is 0.336. The van der Waals surface area contributed by atoms with Crippen LogP contribution in [0.2, 0.25) is 0 Å². The highest BCUT2D eigenvalue weighted by Gasteiger charge is 2.41. The number of carbonyl (C=O) groups excluding carboxylic acids is 17. The molecule has 37 heteroatoms. The van der Waals surface area contributed by atoms with Crippen molar-refractivity contribution in [2.24, 2.45) is 47.0 Å². The Morgan fingerprint density at radius 3 is 1.89 bits per heavy atom. The summed E-state index contributed by atoms with van der Waals surface area (Å²) in [6.45, 7) is 3.05. The highest BCUT2D eigenvalue weighted by atomic mass is 16.5. The van der Waals surface area contributed by atoms with Crippen LogP contribution in [-0.2, 0) is 102 Å². The molecule has 0 spiro atoms. The summed E-state index contributed by atoms with van der Waals surface area (Å²) in [6, 6.07) is 1.30. The van der Waals surface area contributed by atoms with Crippen LogP contribution in [-0.4, -0.2) is 212 Å². The lowest BCUT2D eigenvalue weighted by Crippen LogP contribution is -2.57. The second-order valence-electron chi connectivity index (χ2n) is 29.1. The van der Waals surface area contributed by atoms with Crippen LogP contribution in [0.25, 0.3) is 10.9 Å². The largest absolute Gasteiger partial charge is 0.481 e. The number of esters is 1. The molecule has 13 atom stereocenters. The van der Waals surface area contributed by atoms with Crippen molar-refractivity contribution >= 4 is 134 Å². The zero-order chi connectivity index (χ0) is 85.8. The third-order valence-electron chi connectivity index (χ3n) is 19.5. The van der Waals surface area contributed by atoms with Gasteiger partial charge in [0.1, 0.15) is 24.0 Å². The molecule has 19 N–H and O–H groups in total. The molecule has 4 rings (SSSR count). The lowest BCUT2D eigenvalue weighted by Gasteiger charge is -2.28. The molecule has 37 nitrogen and oxygen atoms in total. The first-order valence-corrected chi connectivity index (χ1v) is 38.2. The third-order valence-corrected chi connectivity index (χ3v) is 19.5. The molecule has 1 aromatic heterocycles. The second kappa shape index (κ2) is 48.5. The standard InChI is InChI=1S/C78H108N12O25/c1-6-7-8-9-10-11-12-23-66(100)85-55(29-48-37-82-54-22-16-14-19-50(48)54)62(96)30-46(33-65(81)99)74(110)88-57(36-70(106)107)63(97)34-52-44(5)115-78(114)47(31-60(94)51-20-13-15-21-53(51)80)32-64(98)71(41(2)26-68(102)103)90-77(113)59(40-91)86-67(101)39-84-76(112)58(27-43(4)92)89-72(108)42(3)25-61(95)56(35-69(104)105)87-73(109)45(18-17-24-79)28-49(93)38-83-75(52)111/h13-16,19-22,37,41-42,44-47,52,55-59,71,82,91H,6-12,17-18,23-36,38-40,79-80H2,1-5H3,(H2,81,99)(H,83,111)(H,84,112)(H,85,100)(H,86,101)(H,87,109)(H,88,110)(H,89,108)(H,90,113)(H,102,103)(H,104,105)(H,106,107)/t41-,42-,44+,45+,46-,47+,52-,55-,56-,57-,58-,59+,71-/m0/s1. The van der Waals surface area contributed by atoms with Gasteiger partial charge in [0.25, 0.3) is 0 Å². The molecule has 0 radical (unpaired) electrons. The fourth-order valence-electron chi connectivity index (χ4n) is 13.1. The number of benzene rings is 2. The number of amides is 9. The van der Waals surface area contributed by atoms with Crippen LogP contribution in [0.1, 0.15) is 185 Å². The monoisotopic (exact) mass is 1610 g/mol. The molecule has 1 saturated heterocycles. The van der Waals surface area contributed by atoms with Gasteiger partial charge >= 0.3 is 23.9 Å². The Kier molecular flexibility index (Phi) is 40.5. The summed E-state index contributed by atoms with van der Waals surface area (Å²) in [5.74, 6) is -33.9. The number of fused-ring (bicyclic) bond motifs is 1. The number of hydrogen-bond acceptors (Lipinski definition) is 24. The van der Waals surface area contributed by atoms with E-state index in [1.807, 2.05) is 0 Å². The van der Waals surface area contributed by atoms with Crippen molar-refractivity contribution < 1.29 is 121 Å². The number of rotatable bonds is 37. The van der Waals surface area contributed by atoms with Crippen molar-refractivity contribution in [2.45, 2.75) is 218 Å². The number of carboxylic acids is 3. The minimum absolute atomic E-state index is 0.0214. The van der Waals surface area contributed by atoms with E-state index in [1.165, 1.54) is 38.1 Å². The van der Waals surface area contributed by atoms with Crippen LogP contribution in [0.3, 0.4) is 0 Å². The fourth-order valence-corrected chi connectivity index (χ4v) is 13.1. The molecule has 2 heterocycles. The Bertz CT molecular complexity index is 4030. The quantitative estimate of drug-likeness (QED) is 0.0160. The van der Waals surface area contributed by atoms with Gasteiger partial charge in [0.2, 0.25) is 53.2 Å². The van der Waals surface area contributed by atoms with Gasteiger partial charge in [0.05, 0.1) is 80.9 Å². The normalized spacial score (nSPS) is 21.5. The van der Waals surface area contributed by atoms with Crippen molar-refractivity contribution in [1.82, 2.24) is 47.5 Å². The van der Waals surface area contributed by atoms with Crippen LogP contribution < -0.4 is 59.7 Å². The number of Topliss-reactive ketones (excluding diaryl/α,β-unsaturated/α-hetero) is 7. The number of nitrogen functional groups attached to an aromatic ring is 1. The van der Waals surface area contributed by atoms with E-state index in [9.17, 15) is 116 Å². The molecule has 0 saturated carbocycles. The molecule has 9 amide bonds. The molecule has 115 heavy (non-hydrogen) atoms. The molecular weight excluding hydrogens is 1500 g/mol. The molecule has 1 fully saturated rings. The Balaban J connectivity index is 1.87. The zero-order valence-corrected chi connectivity index (χ0v) is 65.2. The van der Waals surface area contributed by atoms with Crippen molar-refractivity contribution in [2.75, 3.05) is 32.0 Å². The van der Waals surface area contributed by atoms with Gasteiger partial charge < -0.3 is 89.9 Å². The number of aromatic amines is 1. The smallest absolute Gasteiger partial charge is 0.310 e. The molecule has 0 aliphatic carbocycles. The number of cyclic esters (lactones) is 1. The number of carbonyl (C=O) groups is 20. The average Bonchev–Trinajstić information content (AvgIpc) is 1.72. The number of aromatic nitrogens is 1. The van der Waals surface area contributed by atoms with Crippen molar-refractivity contribution in [1.29, 1.82) is 0 Å². The number of ketones is 7. The van der Waals surface area contributed by atoms with Gasteiger partial charge in [-0.2, -0.15) is 0 Å². The number of anilines is 1. The number of ether oxygens (including phenoxy) is 1. The molecule has 1 aliphatic heterocycles. The summed E-state index contributed by atoms with van der Waals surface area (Å²) in [4.78, 5) is 279. The third kappa shape index (κ3) is 33.2. The average molecular weight is 1610 g/mol. The highest BCUT2D eigenvalue weighted by molar-refractivity contribution is 6.05. The number of nitrogens with two attached hydrogens (primary N) is 3. The molecule has 0 unspecified atom stereocenters. The van der Waals surface area contributed by atoms with E-state index in [0.29, 0.717) is 22.9 Å². The Morgan fingerprint density at radius 1 is 0.609 bits per heavy atom. The van der Waals surface area contributed by atoms with Crippen molar-refractivity contribution in [3.63, 3.8) is 0 Å². The number of carboxylic acid groups (broad SMARTS) is 3. The summed E-state index contributed by atoms with van der Waals surface area (Å²) < 4.78 is 5.85. The number of aliphatic hydroxyl groups excluding tert-OH is 1. The van der Waals surface area contributed by atoms with E-state index in [-0.39, 0.29) is 43.5 Å². The Morgan fingerprint density at radius 2 is 1.25 bits per heavy atom. The lowest BCUT2D eigenvalue weighted by molar-refractivity contribution is -0.160. The van der Waals surface area contributed by atoms with Crippen LogP contribution in [0.4, 0.5) is 5.69 Å². The Labute approximate surface area is 663 Å². The van der Waals surface area contributed by atoms with Crippen molar-refractivity contribution in [3.05, 3.63) is 65.9 Å². The van der Waals surface area contributed by atoms with Crippen molar-refractivity contribution in [3.8, 4) is 0 Å². The first kappa shape index (κ1) is 95.9. The van der Waals surface area contributed by atoms with Gasteiger partial charge in [-0.3, -0.25) is 95.9 Å². The van der Waals surface area contributed by atoms with Crippen LogP contribution in [0.15, 0.2) is 54.7 Å². The maximum atomic E-state index is 15.0. The number of primary amides is 1. The topological polar surface area (TPSA) is 622 Å². The first-order valence-electron chi connectivity index (χ1n) is 38.2. The van der Waals surface area contributed by atoms with E-state index < -0.39 is 286 Å². The van der Waals surface area contributed by atoms with Gasteiger partial charge in [0, 0.05) is 104 Å². The van der Waals surface area contributed by atoms with Crippen LogP contribution >= 0.6 is 0 Å². The fraction of sp³-hybridized carbons (Fsp3) is 0.564. The van der Waals surface area contributed by atoms with Gasteiger partial charge in [-0.05, 0) is 69.3 Å². The SMILES string of the molecule is CCCCCCCCCC(=O)N[C@@H](Cc1c[nH]c2ccccc12)C(=O)C[C@@H](CC(N)=O)C(=O)N[C@@H](CC(=O)O)C(=O)C[C@@H]1C(=O)NCC(=O)C[C@@H](CCCN)C(=O)N[C@@H](CC(=O)O)C(=O)C[C@H](C)C(=O)N[C@@H](CC(C)=O)C(=O)NCC(=O)N[C@H](CO)C(=O)N[C@@H]([C@@H](C)CC(=O)O)C(=O)C[C@@H](CC(=O)c2ccccc2N)C(=O)O[C@@H]1C. The van der Waals surface area contributed by atoms with E-state index in [1.54, 1.807) is 30.5 Å². The van der Waals surface area contributed by atoms with E-state index in [2.05, 4.69) is 54.4 Å². The maximum Gasteiger partial charge on any atom is 0.310 e. The number of aliphatic hydroxyl groups is 1. The van der Waals surface area contributed by atoms with E-state index in [0.717, 1.165) is 52.4 Å². The number of unbranched alkanes of at least 4 members (excludes halogenated alkanes) is 6. The summed E-state index contributed by atoms with van der Waals surface area (Å²) in [5.41, 5.74) is 18.5. The van der Waals surface area contributed by atoms with Crippen LogP contribution in [0.5, 0.6) is 0 Å². The van der Waals surface area contributed by atoms with Crippen LogP contribution in [0, 0.1) is 35.5 Å².